The van der Waals surface area contributed by atoms with Gasteiger partial charge < -0.3 is 14.8 Å². The van der Waals surface area contributed by atoms with Crippen LogP contribution in [-0.4, -0.2) is 13.7 Å². The summed E-state index contributed by atoms with van der Waals surface area (Å²) in [5.41, 5.74) is 2.17. The minimum Gasteiger partial charge on any atom is -0.492 e. The second-order valence-corrected chi connectivity index (χ2v) is 6.00. The number of hydrogen-bond donors (Lipinski definition) is 1. The molecule has 0 unspecified atom stereocenters. The molecule has 0 fully saturated rings. The zero-order valence-corrected chi connectivity index (χ0v) is 14.9. The Hall–Kier alpha value is -1.14. The van der Waals surface area contributed by atoms with Crippen LogP contribution in [0, 0.1) is 3.57 Å². The molecule has 0 saturated carbocycles. The van der Waals surface area contributed by atoms with Gasteiger partial charge in [0.05, 0.1) is 17.3 Å². The molecule has 0 aromatic heterocycles. The normalized spacial score (nSPS) is 10.3. The van der Waals surface area contributed by atoms with Gasteiger partial charge in [-0.2, -0.15) is 0 Å². The fourth-order valence-electron chi connectivity index (χ4n) is 1.96. The van der Waals surface area contributed by atoms with E-state index in [0.29, 0.717) is 13.2 Å². The van der Waals surface area contributed by atoms with Crippen LogP contribution in [0.2, 0.25) is 5.02 Å². The molecule has 0 saturated heterocycles. The van der Waals surface area contributed by atoms with E-state index in [1.165, 1.54) is 0 Å². The first-order chi connectivity index (χ1) is 10.1. The molecule has 2 rings (SSSR count). The fourth-order valence-corrected chi connectivity index (χ4v) is 2.97. The molecule has 1 N–H and O–H groups in total. The molecule has 0 heterocycles. The maximum atomic E-state index is 5.88. The Morgan fingerprint density at radius 2 is 1.90 bits per heavy atom. The maximum Gasteiger partial charge on any atom is 0.174 e. The molecule has 0 aliphatic rings. The Kier molecular flexibility index (Phi) is 5.99. The van der Waals surface area contributed by atoms with Crippen LogP contribution < -0.4 is 14.8 Å². The smallest absolute Gasteiger partial charge is 0.174 e. The van der Waals surface area contributed by atoms with Crippen molar-refractivity contribution in [2.24, 2.45) is 0 Å². The molecule has 5 heteroatoms. The number of anilines is 1. The van der Waals surface area contributed by atoms with Gasteiger partial charge in [-0.15, -0.1) is 0 Å². The second kappa shape index (κ2) is 7.75. The van der Waals surface area contributed by atoms with Gasteiger partial charge in [0.25, 0.3) is 0 Å². The lowest BCUT2D eigenvalue weighted by atomic mass is 10.2. The van der Waals surface area contributed by atoms with E-state index in [4.69, 9.17) is 21.1 Å². The average molecular weight is 418 g/mol. The van der Waals surface area contributed by atoms with Crippen molar-refractivity contribution in [3.05, 3.63) is 50.6 Å². The third-order valence-corrected chi connectivity index (χ3v) is 3.97. The van der Waals surface area contributed by atoms with E-state index >= 15 is 0 Å². The molecule has 21 heavy (non-hydrogen) atoms. The van der Waals surface area contributed by atoms with Crippen molar-refractivity contribution in [3.8, 4) is 11.5 Å². The minimum atomic E-state index is 0.612. The van der Waals surface area contributed by atoms with E-state index in [0.717, 1.165) is 31.3 Å². The Bertz CT molecular complexity index is 602. The highest BCUT2D eigenvalue weighted by atomic mass is 127. The molecule has 112 valence electrons. The van der Waals surface area contributed by atoms with Crippen LogP contribution in [-0.2, 0) is 6.54 Å². The largest absolute Gasteiger partial charge is 0.492 e. The summed E-state index contributed by atoms with van der Waals surface area (Å²) in [4.78, 5) is 0. The average Bonchev–Trinajstić information content (AvgIpc) is 2.47. The highest BCUT2D eigenvalue weighted by molar-refractivity contribution is 14.1. The highest BCUT2D eigenvalue weighted by Gasteiger charge is 2.10. The SMILES string of the molecule is CCOc1cc(CNc2ccc(Cl)cc2)cc(I)c1OC. The van der Waals surface area contributed by atoms with Gasteiger partial charge in [0, 0.05) is 17.3 Å². The molecular formula is C16H17ClINO2. The number of ether oxygens (including phenoxy) is 2. The quantitative estimate of drug-likeness (QED) is 0.674. The third-order valence-electron chi connectivity index (χ3n) is 2.91. The molecule has 0 aliphatic heterocycles. The molecule has 0 aliphatic carbocycles. The van der Waals surface area contributed by atoms with Gasteiger partial charge in [0.1, 0.15) is 0 Å². The first kappa shape index (κ1) is 16.2. The fraction of sp³-hybridized carbons (Fsp3) is 0.250. The molecule has 2 aromatic rings. The van der Waals surface area contributed by atoms with Gasteiger partial charge in [-0.05, 0) is 71.5 Å². The van der Waals surface area contributed by atoms with Gasteiger partial charge in [-0.3, -0.25) is 0 Å². The third kappa shape index (κ3) is 4.41. The summed E-state index contributed by atoms with van der Waals surface area (Å²) >= 11 is 8.14. The zero-order chi connectivity index (χ0) is 15.2. The van der Waals surface area contributed by atoms with Crippen molar-refractivity contribution >= 4 is 39.9 Å². The zero-order valence-electron chi connectivity index (χ0n) is 12.0. The Balaban J connectivity index is 2.14. The molecule has 0 atom stereocenters. The molecular weight excluding hydrogens is 401 g/mol. The van der Waals surface area contributed by atoms with E-state index in [1.807, 2.05) is 37.3 Å². The predicted octanol–water partition coefficient (Wildman–Crippen LogP) is 4.96. The van der Waals surface area contributed by atoms with Gasteiger partial charge in [0.15, 0.2) is 11.5 Å². The standard InChI is InChI=1S/C16H17ClINO2/c1-3-21-15-9-11(8-14(18)16(15)20-2)10-19-13-6-4-12(17)5-7-13/h4-9,19H,3,10H2,1-2H3. The summed E-state index contributed by atoms with van der Waals surface area (Å²) in [6.07, 6.45) is 0. The Morgan fingerprint density at radius 1 is 1.19 bits per heavy atom. The molecule has 2 aromatic carbocycles. The lowest BCUT2D eigenvalue weighted by Gasteiger charge is -2.14. The topological polar surface area (TPSA) is 30.5 Å². The van der Waals surface area contributed by atoms with Crippen molar-refractivity contribution in [3.63, 3.8) is 0 Å². The van der Waals surface area contributed by atoms with Gasteiger partial charge in [0.2, 0.25) is 0 Å². The summed E-state index contributed by atoms with van der Waals surface area (Å²) in [7, 11) is 1.66. The van der Waals surface area contributed by atoms with Crippen LogP contribution in [0.15, 0.2) is 36.4 Å². The Labute approximate surface area is 143 Å². The molecule has 0 amide bonds. The van der Waals surface area contributed by atoms with Crippen molar-refractivity contribution in [2.45, 2.75) is 13.5 Å². The number of benzene rings is 2. The van der Waals surface area contributed by atoms with E-state index in [9.17, 15) is 0 Å². The number of halogens is 2. The summed E-state index contributed by atoms with van der Waals surface area (Å²) in [6.45, 7) is 3.28. The lowest BCUT2D eigenvalue weighted by Crippen LogP contribution is -2.03. The lowest BCUT2D eigenvalue weighted by molar-refractivity contribution is 0.309. The summed E-state index contributed by atoms with van der Waals surface area (Å²) in [5.74, 6) is 1.56. The van der Waals surface area contributed by atoms with E-state index in [2.05, 4.69) is 34.0 Å². The number of methoxy groups -OCH3 is 1. The molecule has 0 bridgehead atoms. The van der Waals surface area contributed by atoms with Crippen LogP contribution in [0.25, 0.3) is 0 Å². The van der Waals surface area contributed by atoms with Crippen LogP contribution in [0.3, 0.4) is 0 Å². The van der Waals surface area contributed by atoms with E-state index in [-0.39, 0.29) is 0 Å². The van der Waals surface area contributed by atoms with Gasteiger partial charge >= 0.3 is 0 Å². The molecule has 3 nitrogen and oxygen atoms in total. The van der Waals surface area contributed by atoms with Crippen molar-refractivity contribution in [1.29, 1.82) is 0 Å². The van der Waals surface area contributed by atoms with Crippen molar-refractivity contribution < 1.29 is 9.47 Å². The van der Waals surface area contributed by atoms with Crippen molar-refractivity contribution in [2.75, 3.05) is 19.0 Å². The molecule has 0 spiro atoms. The van der Waals surface area contributed by atoms with Gasteiger partial charge in [-0.25, -0.2) is 0 Å². The predicted molar refractivity (Wildman–Crippen MR) is 95.7 cm³/mol. The van der Waals surface area contributed by atoms with Crippen LogP contribution in [0.4, 0.5) is 5.69 Å². The number of hydrogen-bond acceptors (Lipinski definition) is 3. The summed E-state index contributed by atoms with van der Waals surface area (Å²) in [6, 6.07) is 11.7. The summed E-state index contributed by atoms with van der Waals surface area (Å²) < 4.78 is 12.1. The highest BCUT2D eigenvalue weighted by Crippen LogP contribution is 2.34. The number of rotatable bonds is 6. The number of nitrogens with one attached hydrogen (secondary N) is 1. The van der Waals surface area contributed by atoms with Gasteiger partial charge in [-0.1, -0.05) is 11.6 Å². The Morgan fingerprint density at radius 3 is 2.52 bits per heavy atom. The second-order valence-electron chi connectivity index (χ2n) is 4.40. The summed E-state index contributed by atoms with van der Waals surface area (Å²) in [5, 5.41) is 4.10. The van der Waals surface area contributed by atoms with Crippen molar-refractivity contribution in [1.82, 2.24) is 0 Å². The monoisotopic (exact) mass is 417 g/mol. The first-order valence-corrected chi connectivity index (χ1v) is 8.08. The van der Waals surface area contributed by atoms with Crippen LogP contribution in [0.5, 0.6) is 11.5 Å². The van der Waals surface area contributed by atoms with E-state index < -0.39 is 0 Å². The minimum absolute atomic E-state index is 0.612. The van der Waals surface area contributed by atoms with Crippen LogP contribution in [0.1, 0.15) is 12.5 Å². The molecule has 0 radical (unpaired) electrons. The van der Waals surface area contributed by atoms with Crippen LogP contribution >= 0.6 is 34.2 Å². The van der Waals surface area contributed by atoms with E-state index in [1.54, 1.807) is 7.11 Å². The maximum absolute atomic E-state index is 5.88. The first-order valence-electron chi connectivity index (χ1n) is 6.62.